The second kappa shape index (κ2) is 9.67. The quantitative estimate of drug-likeness (QED) is 0.648. The summed E-state index contributed by atoms with van der Waals surface area (Å²) in [5, 5.41) is 2.84. The van der Waals surface area contributed by atoms with E-state index in [4.69, 9.17) is 9.15 Å². The van der Waals surface area contributed by atoms with Gasteiger partial charge >= 0.3 is 0 Å². The minimum atomic E-state index is -0.116. The Hall–Kier alpha value is -1.40. The van der Waals surface area contributed by atoms with Crippen LogP contribution < -0.4 is 10.1 Å². The second-order valence-corrected chi connectivity index (χ2v) is 6.85. The van der Waals surface area contributed by atoms with Crippen molar-refractivity contribution in [1.29, 1.82) is 0 Å². The number of amides is 1. The van der Waals surface area contributed by atoms with Crippen molar-refractivity contribution in [2.75, 3.05) is 18.9 Å². The molecule has 1 aromatic heterocycles. The fraction of sp³-hybridized carbons (Fsp3) is 0.353. The van der Waals surface area contributed by atoms with E-state index in [1.165, 1.54) is 5.56 Å². The SMILES string of the molecule is CCc1ccc(OCC(=O)NCCSCc2ccco2)c(Br)c1. The van der Waals surface area contributed by atoms with Crippen LogP contribution in [0.25, 0.3) is 0 Å². The number of nitrogens with one attached hydrogen (secondary N) is 1. The number of benzene rings is 1. The third kappa shape index (κ3) is 6.31. The van der Waals surface area contributed by atoms with E-state index >= 15 is 0 Å². The molecule has 0 aliphatic carbocycles. The Balaban J connectivity index is 1.61. The van der Waals surface area contributed by atoms with E-state index in [1.54, 1.807) is 18.0 Å². The summed E-state index contributed by atoms with van der Waals surface area (Å²) >= 11 is 5.18. The lowest BCUT2D eigenvalue weighted by atomic mass is 10.2. The smallest absolute Gasteiger partial charge is 0.257 e. The summed E-state index contributed by atoms with van der Waals surface area (Å²) in [4.78, 5) is 11.8. The fourth-order valence-corrected chi connectivity index (χ4v) is 3.20. The zero-order chi connectivity index (χ0) is 16.5. The summed E-state index contributed by atoms with van der Waals surface area (Å²) < 4.78 is 11.7. The molecular weight excluding hydrogens is 378 g/mol. The van der Waals surface area contributed by atoms with E-state index in [-0.39, 0.29) is 12.5 Å². The van der Waals surface area contributed by atoms with E-state index < -0.39 is 0 Å². The maximum absolute atomic E-state index is 11.8. The van der Waals surface area contributed by atoms with Gasteiger partial charge in [0.25, 0.3) is 5.91 Å². The molecule has 4 nitrogen and oxygen atoms in total. The summed E-state index contributed by atoms with van der Waals surface area (Å²) in [5.74, 6) is 3.17. The summed E-state index contributed by atoms with van der Waals surface area (Å²) in [6, 6.07) is 9.72. The lowest BCUT2D eigenvalue weighted by Gasteiger charge is -2.09. The highest BCUT2D eigenvalue weighted by atomic mass is 79.9. The molecule has 23 heavy (non-hydrogen) atoms. The van der Waals surface area contributed by atoms with Crippen LogP contribution in [0.15, 0.2) is 45.5 Å². The molecule has 1 N–H and O–H groups in total. The Morgan fingerprint density at radius 3 is 2.96 bits per heavy atom. The van der Waals surface area contributed by atoms with E-state index in [9.17, 15) is 4.79 Å². The summed E-state index contributed by atoms with van der Waals surface area (Å²) in [6.07, 6.45) is 2.63. The minimum Gasteiger partial charge on any atom is -0.483 e. The molecule has 0 aliphatic rings. The molecule has 0 radical (unpaired) electrons. The van der Waals surface area contributed by atoms with Gasteiger partial charge in [0, 0.05) is 12.3 Å². The van der Waals surface area contributed by atoms with Crippen molar-refractivity contribution in [3.05, 3.63) is 52.4 Å². The van der Waals surface area contributed by atoms with Crippen LogP contribution >= 0.6 is 27.7 Å². The Kier molecular flexibility index (Phi) is 7.55. The molecule has 124 valence electrons. The van der Waals surface area contributed by atoms with E-state index in [1.807, 2.05) is 30.3 Å². The predicted octanol–water partition coefficient (Wildman–Crippen LogP) is 4.03. The van der Waals surface area contributed by atoms with Gasteiger partial charge in [0.1, 0.15) is 11.5 Å². The predicted molar refractivity (Wildman–Crippen MR) is 96.9 cm³/mol. The Morgan fingerprint density at radius 1 is 1.39 bits per heavy atom. The van der Waals surface area contributed by atoms with Crippen molar-refractivity contribution in [3.8, 4) is 5.75 Å². The van der Waals surface area contributed by atoms with Crippen LogP contribution in [0.5, 0.6) is 5.75 Å². The Morgan fingerprint density at radius 2 is 2.26 bits per heavy atom. The van der Waals surface area contributed by atoms with Crippen molar-refractivity contribution in [1.82, 2.24) is 5.32 Å². The number of ether oxygens (including phenoxy) is 1. The van der Waals surface area contributed by atoms with Crippen molar-refractivity contribution < 1.29 is 13.9 Å². The minimum absolute atomic E-state index is 0.0208. The molecule has 2 rings (SSSR count). The molecule has 6 heteroatoms. The molecule has 0 unspecified atom stereocenters. The number of carbonyl (C=O) groups is 1. The van der Waals surface area contributed by atoms with E-state index in [2.05, 4.69) is 28.2 Å². The Labute approximate surface area is 149 Å². The lowest BCUT2D eigenvalue weighted by Crippen LogP contribution is -2.30. The Bertz CT molecular complexity index is 616. The number of carbonyl (C=O) groups excluding carboxylic acids is 1. The molecule has 0 saturated heterocycles. The molecule has 0 aliphatic heterocycles. The van der Waals surface area contributed by atoms with Crippen molar-refractivity contribution in [3.63, 3.8) is 0 Å². The van der Waals surface area contributed by atoms with Gasteiger partial charge in [-0.1, -0.05) is 13.0 Å². The monoisotopic (exact) mass is 397 g/mol. The summed E-state index contributed by atoms with van der Waals surface area (Å²) in [6.45, 7) is 2.73. The van der Waals surface area contributed by atoms with Crippen molar-refractivity contribution in [2.24, 2.45) is 0 Å². The lowest BCUT2D eigenvalue weighted by molar-refractivity contribution is -0.122. The van der Waals surface area contributed by atoms with Crippen molar-refractivity contribution >= 4 is 33.6 Å². The third-order valence-electron chi connectivity index (χ3n) is 3.16. The van der Waals surface area contributed by atoms with Gasteiger partial charge in [0.2, 0.25) is 0 Å². The maximum Gasteiger partial charge on any atom is 0.257 e. The van der Waals surface area contributed by atoms with Gasteiger partial charge in [-0.2, -0.15) is 11.8 Å². The normalized spacial score (nSPS) is 10.5. The van der Waals surface area contributed by atoms with Crippen LogP contribution in [-0.2, 0) is 17.0 Å². The number of furan rings is 1. The fourth-order valence-electron chi connectivity index (χ4n) is 1.91. The molecule has 0 bridgehead atoms. The standard InChI is InChI=1S/C17H20BrNO3S/c1-2-13-5-6-16(15(18)10-13)22-11-17(20)19-7-9-23-12-14-4-3-8-21-14/h3-6,8,10H,2,7,9,11-12H2,1H3,(H,19,20). The van der Waals surface area contributed by atoms with E-state index in [0.29, 0.717) is 12.3 Å². The molecule has 2 aromatic rings. The van der Waals surface area contributed by atoms with Crippen LogP contribution in [-0.4, -0.2) is 24.8 Å². The molecule has 1 amide bonds. The number of thioether (sulfide) groups is 1. The number of halogens is 1. The first kappa shape index (κ1) is 17.9. The average Bonchev–Trinajstić information content (AvgIpc) is 3.06. The van der Waals surface area contributed by atoms with Gasteiger partial charge < -0.3 is 14.5 Å². The average molecular weight is 398 g/mol. The van der Waals surface area contributed by atoms with Gasteiger partial charge in [-0.05, 0) is 52.2 Å². The molecule has 0 saturated carbocycles. The molecular formula is C17H20BrNO3S. The summed E-state index contributed by atoms with van der Waals surface area (Å²) in [5.41, 5.74) is 1.22. The zero-order valence-electron chi connectivity index (χ0n) is 13.0. The highest BCUT2D eigenvalue weighted by molar-refractivity contribution is 9.10. The first-order chi connectivity index (χ1) is 11.2. The summed E-state index contributed by atoms with van der Waals surface area (Å²) in [7, 11) is 0. The molecule has 0 spiro atoms. The zero-order valence-corrected chi connectivity index (χ0v) is 15.4. The van der Waals surface area contributed by atoms with Crippen LogP contribution in [0, 0.1) is 0 Å². The first-order valence-electron chi connectivity index (χ1n) is 7.47. The van der Waals surface area contributed by atoms with Crippen LogP contribution in [0.2, 0.25) is 0 Å². The maximum atomic E-state index is 11.8. The van der Waals surface area contributed by atoms with Gasteiger partial charge in [-0.25, -0.2) is 0 Å². The van der Waals surface area contributed by atoms with Gasteiger partial charge in [-0.15, -0.1) is 0 Å². The highest BCUT2D eigenvalue weighted by Gasteiger charge is 2.06. The molecule has 1 aromatic carbocycles. The number of rotatable bonds is 9. The number of hydrogen-bond acceptors (Lipinski definition) is 4. The second-order valence-electron chi connectivity index (χ2n) is 4.89. The highest BCUT2D eigenvalue weighted by Crippen LogP contribution is 2.26. The largest absolute Gasteiger partial charge is 0.483 e. The van der Waals surface area contributed by atoms with Gasteiger partial charge in [0.15, 0.2) is 6.61 Å². The number of aryl methyl sites for hydroxylation is 1. The van der Waals surface area contributed by atoms with E-state index in [0.717, 1.165) is 28.2 Å². The first-order valence-corrected chi connectivity index (χ1v) is 9.42. The van der Waals surface area contributed by atoms with Crippen LogP contribution in [0.1, 0.15) is 18.2 Å². The molecule has 1 heterocycles. The van der Waals surface area contributed by atoms with Crippen LogP contribution in [0.4, 0.5) is 0 Å². The van der Waals surface area contributed by atoms with Crippen molar-refractivity contribution in [2.45, 2.75) is 19.1 Å². The van der Waals surface area contributed by atoms with Gasteiger partial charge in [0.05, 0.1) is 16.5 Å². The molecule has 0 atom stereocenters. The van der Waals surface area contributed by atoms with Gasteiger partial charge in [-0.3, -0.25) is 4.79 Å². The van der Waals surface area contributed by atoms with Crippen LogP contribution in [0.3, 0.4) is 0 Å². The molecule has 0 fully saturated rings. The third-order valence-corrected chi connectivity index (χ3v) is 4.76. The topological polar surface area (TPSA) is 51.5 Å². The number of hydrogen-bond donors (Lipinski definition) is 1.